The van der Waals surface area contributed by atoms with Crippen molar-refractivity contribution in [2.45, 2.75) is 13.1 Å². The van der Waals surface area contributed by atoms with E-state index >= 15 is 0 Å². The summed E-state index contributed by atoms with van der Waals surface area (Å²) in [5, 5.41) is 8.10. The first-order chi connectivity index (χ1) is 16.6. The van der Waals surface area contributed by atoms with Crippen molar-refractivity contribution in [3.8, 4) is 16.3 Å². The Morgan fingerprint density at radius 3 is 2.49 bits per heavy atom. The summed E-state index contributed by atoms with van der Waals surface area (Å²) in [5.41, 5.74) is -0.811. The van der Waals surface area contributed by atoms with Crippen LogP contribution in [0.3, 0.4) is 0 Å². The zero-order valence-corrected chi connectivity index (χ0v) is 19.2. The number of nitrogens with one attached hydrogen (secondary N) is 1. The summed E-state index contributed by atoms with van der Waals surface area (Å²) in [5.74, 6) is -0.827. The van der Waals surface area contributed by atoms with Crippen molar-refractivity contribution in [2.24, 2.45) is 7.05 Å². The van der Waals surface area contributed by atoms with E-state index in [1.165, 1.54) is 16.0 Å². The number of aromatic nitrogens is 5. The van der Waals surface area contributed by atoms with E-state index in [2.05, 4.69) is 15.4 Å². The molecular weight excluding hydrogens is 481 g/mol. The maximum Gasteiger partial charge on any atom is 0.433 e. The molecule has 0 bridgehead atoms. The highest BCUT2D eigenvalue weighted by Crippen LogP contribution is 2.33. The van der Waals surface area contributed by atoms with Crippen molar-refractivity contribution in [1.82, 2.24) is 24.0 Å². The molecule has 0 saturated carbocycles. The van der Waals surface area contributed by atoms with Crippen LogP contribution in [0.1, 0.15) is 21.9 Å². The molecule has 4 aromatic heterocycles. The Kier molecular flexibility index (Phi) is 5.32. The van der Waals surface area contributed by atoms with Crippen molar-refractivity contribution < 1.29 is 18.0 Å². The van der Waals surface area contributed by atoms with Gasteiger partial charge in [0.15, 0.2) is 17.0 Å². The number of carbonyl (C=O) groups is 1. The molecule has 5 aromatic rings. The van der Waals surface area contributed by atoms with E-state index in [-0.39, 0.29) is 22.7 Å². The lowest BCUT2D eigenvalue weighted by molar-refractivity contribution is -0.142. The van der Waals surface area contributed by atoms with Gasteiger partial charge in [0.25, 0.3) is 11.5 Å². The quantitative estimate of drug-likeness (QED) is 0.395. The lowest BCUT2D eigenvalue weighted by atomic mass is 10.2. The lowest BCUT2D eigenvalue weighted by Gasteiger charge is -2.10. The van der Waals surface area contributed by atoms with E-state index in [1.807, 2.05) is 6.07 Å². The molecule has 5 rings (SSSR count). The molecule has 0 aliphatic carbocycles. The number of benzene rings is 1. The molecule has 0 radical (unpaired) electrons. The summed E-state index contributed by atoms with van der Waals surface area (Å²) >= 11 is 1.25. The van der Waals surface area contributed by atoms with Gasteiger partial charge in [-0.25, -0.2) is 14.2 Å². The number of hydrogen-bond acceptors (Lipinski definition) is 5. The van der Waals surface area contributed by atoms with Crippen LogP contribution in [0, 0.1) is 6.92 Å². The van der Waals surface area contributed by atoms with Crippen molar-refractivity contribution in [3.05, 3.63) is 87.4 Å². The van der Waals surface area contributed by atoms with Gasteiger partial charge in [-0.1, -0.05) is 24.3 Å². The highest BCUT2D eigenvalue weighted by Gasteiger charge is 2.36. The van der Waals surface area contributed by atoms with Gasteiger partial charge < -0.3 is 5.32 Å². The molecule has 0 saturated heterocycles. The summed E-state index contributed by atoms with van der Waals surface area (Å²) in [6.45, 7) is 1.65. The van der Waals surface area contributed by atoms with Crippen LogP contribution in [0.25, 0.3) is 21.9 Å². The summed E-state index contributed by atoms with van der Waals surface area (Å²) in [7, 11) is 1.66. The Bertz CT molecular complexity index is 1620. The molecule has 0 fully saturated rings. The van der Waals surface area contributed by atoms with E-state index in [1.54, 1.807) is 60.4 Å². The van der Waals surface area contributed by atoms with Gasteiger partial charge in [-0.3, -0.25) is 14.3 Å². The molecule has 35 heavy (non-hydrogen) atoms. The molecule has 4 heterocycles. The Balaban J connectivity index is 1.56. The fourth-order valence-electron chi connectivity index (χ4n) is 3.73. The van der Waals surface area contributed by atoms with Crippen molar-refractivity contribution in [3.63, 3.8) is 0 Å². The minimum absolute atomic E-state index is 0.00156. The number of nitrogens with zero attached hydrogens (tertiary/aromatic N) is 5. The molecule has 0 aliphatic rings. The van der Waals surface area contributed by atoms with E-state index < -0.39 is 23.3 Å². The molecule has 0 spiro atoms. The fourth-order valence-corrected chi connectivity index (χ4v) is 4.41. The first kappa shape index (κ1) is 22.6. The normalized spacial score (nSPS) is 11.8. The summed E-state index contributed by atoms with van der Waals surface area (Å²) in [6.07, 6.45) is -4.73. The molecule has 0 unspecified atom stereocenters. The van der Waals surface area contributed by atoms with Gasteiger partial charge in [-0.15, -0.1) is 11.3 Å². The molecule has 178 valence electrons. The van der Waals surface area contributed by atoms with Gasteiger partial charge in [0.1, 0.15) is 5.69 Å². The number of anilines is 1. The number of hydrogen-bond donors (Lipinski definition) is 1. The van der Waals surface area contributed by atoms with Crippen LogP contribution >= 0.6 is 11.3 Å². The number of halogens is 3. The van der Waals surface area contributed by atoms with E-state index in [0.29, 0.717) is 20.8 Å². The molecule has 8 nitrogen and oxygen atoms in total. The van der Waals surface area contributed by atoms with Crippen LogP contribution in [-0.4, -0.2) is 29.9 Å². The molecule has 1 N–H and O–H groups in total. The van der Waals surface area contributed by atoms with Gasteiger partial charge in [0, 0.05) is 13.1 Å². The summed E-state index contributed by atoms with van der Waals surface area (Å²) in [4.78, 5) is 30.8. The van der Waals surface area contributed by atoms with Gasteiger partial charge in [-0.2, -0.15) is 18.3 Å². The van der Waals surface area contributed by atoms with Crippen LogP contribution in [0.5, 0.6) is 0 Å². The number of fused-ring (bicyclic) bond motifs is 1. The minimum Gasteiger partial charge on any atom is -0.314 e. The molecule has 1 aromatic carbocycles. The summed E-state index contributed by atoms with van der Waals surface area (Å²) in [6, 6.07) is 14.3. The second kappa shape index (κ2) is 8.24. The zero-order chi connectivity index (χ0) is 24.9. The van der Waals surface area contributed by atoms with Crippen LogP contribution in [0.15, 0.2) is 64.8 Å². The highest BCUT2D eigenvalue weighted by molar-refractivity contribution is 7.13. The Morgan fingerprint density at radius 2 is 1.83 bits per heavy atom. The third-order valence-electron chi connectivity index (χ3n) is 5.52. The average molecular weight is 498 g/mol. The third kappa shape index (κ3) is 3.91. The molecule has 0 aliphatic heterocycles. The highest BCUT2D eigenvalue weighted by atomic mass is 32.1. The molecule has 12 heteroatoms. The minimum atomic E-state index is -4.73. The van der Waals surface area contributed by atoms with Crippen molar-refractivity contribution in [2.75, 3.05) is 5.32 Å². The Labute approximate surface area is 199 Å². The van der Waals surface area contributed by atoms with E-state index in [0.717, 1.165) is 12.1 Å². The first-order valence-corrected chi connectivity index (χ1v) is 11.2. The van der Waals surface area contributed by atoms with Crippen LogP contribution in [0.2, 0.25) is 0 Å². The number of carbonyl (C=O) groups excluding carboxylic acids is 1. The first-order valence-electron chi connectivity index (χ1n) is 10.3. The molecule has 0 atom stereocenters. The maximum absolute atomic E-state index is 13.8. The number of alkyl halides is 3. The topological polar surface area (TPSA) is 86.2 Å². The van der Waals surface area contributed by atoms with Gasteiger partial charge in [0.2, 0.25) is 0 Å². The predicted octanol–water partition coefficient (Wildman–Crippen LogP) is 4.53. The molecule has 1 amide bonds. The fraction of sp³-hybridized carbons (Fsp3) is 0.130. The van der Waals surface area contributed by atoms with Crippen LogP contribution < -0.4 is 10.9 Å². The molecular formula is C23H17F3N6O2S. The Hall–Kier alpha value is -4.19. The number of rotatable bonds is 4. The second-order valence-corrected chi connectivity index (χ2v) is 8.64. The van der Waals surface area contributed by atoms with Gasteiger partial charge in [0.05, 0.1) is 22.0 Å². The van der Waals surface area contributed by atoms with Crippen LogP contribution in [-0.2, 0) is 13.2 Å². The largest absolute Gasteiger partial charge is 0.433 e. The monoisotopic (exact) mass is 498 g/mol. The smallest absolute Gasteiger partial charge is 0.314 e. The Morgan fingerprint density at radius 1 is 1.09 bits per heavy atom. The standard InChI is InChI=1S/C23H17F3N6O2S/c1-13-20(22(34)32(30(13)2)14-7-4-3-5-8-14)28-21(33)16-12-19-27-15(17-9-6-10-35-17)11-18(23(24,25)26)31(19)29-16/h3-12H,1-2H3,(H,28,33). The third-order valence-corrected chi connectivity index (χ3v) is 6.41. The van der Waals surface area contributed by atoms with Gasteiger partial charge in [-0.05, 0) is 36.6 Å². The maximum atomic E-state index is 13.8. The predicted molar refractivity (Wildman–Crippen MR) is 125 cm³/mol. The number of thiophene rings is 1. The van der Waals surface area contributed by atoms with Gasteiger partial charge >= 0.3 is 6.18 Å². The van der Waals surface area contributed by atoms with E-state index in [4.69, 9.17) is 0 Å². The van der Waals surface area contributed by atoms with E-state index in [9.17, 15) is 22.8 Å². The SMILES string of the molecule is Cc1c(NC(=O)c2cc3nc(-c4cccs4)cc(C(F)(F)F)n3n2)c(=O)n(-c2ccccc2)n1C. The average Bonchev–Trinajstić information content (AvgIpc) is 3.55. The second-order valence-electron chi connectivity index (χ2n) is 7.69. The zero-order valence-electron chi connectivity index (χ0n) is 18.4. The van der Waals surface area contributed by atoms with Crippen LogP contribution in [0.4, 0.5) is 18.9 Å². The van der Waals surface area contributed by atoms with Crippen molar-refractivity contribution >= 4 is 28.6 Å². The number of amides is 1. The van der Waals surface area contributed by atoms with Crippen molar-refractivity contribution in [1.29, 1.82) is 0 Å². The summed E-state index contributed by atoms with van der Waals surface area (Å²) < 4.78 is 44.9. The number of para-hydroxylation sites is 1. The lowest BCUT2D eigenvalue weighted by Crippen LogP contribution is -2.23.